The molecule has 0 amide bonds. The van der Waals surface area contributed by atoms with Crippen molar-refractivity contribution in [3.8, 4) is 0 Å². The normalized spacial score (nSPS) is 35.3. The summed E-state index contributed by atoms with van der Waals surface area (Å²) in [5, 5.41) is 22.1. The Morgan fingerprint density at radius 3 is 2.15 bits per heavy atom. The number of aliphatic hydroxyl groups excluding tert-OH is 2. The first-order valence-corrected chi connectivity index (χ1v) is 14.3. The number of aromatic nitrogens is 8. The van der Waals surface area contributed by atoms with Crippen LogP contribution in [0.15, 0.2) is 25.3 Å². The third kappa shape index (κ3) is 4.64. The standard InChI is InChI=1S/C20H24N10O9P2/c21-15-9-17(25-3-23-15)29(5-27-9)19-12(32)13-8(37-19)2-35-41(33)39-14-11(31)7(1-34-40-38-13)36-20(14)30-6-28-10-16(22)24-4-26-18(10)30/h3-8,11-14,19-20,31-32,40-41H,1-2H2,(H2,21,23,25)(H2,22,24,26)/t7-,8-,11-,12-,13-,14-,19-,20-/m1/s1. The van der Waals surface area contributed by atoms with Gasteiger partial charge in [-0.05, 0) is 0 Å². The molecule has 2 unspecified atom stereocenters. The van der Waals surface area contributed by atoms with Gasteiger partial charge in [0, 0.05) is 0 Å². The molecule has 0 radical (unpaired) electrons. The number of fused-ring (bicyclic) bond motifs is 5. The van der Waals surface area contributed by atoms with Crippen LogP contribution in [-0.4, -0.2) is 99.1 Å². The van der Waals surface area contributed by atoms with E-state index >= 15 is 0 Å². The Bertz CT molecular complexity index is 1610. The molecule has 41 heavy (non-hydrogen) atoms. The maximum Gasteiger partial charge on any atom is 0.319 e. The van der Waals surface area contributed by atoms with Gasteiger partial charge in [0.25, 0.3) is 0 Å². The van der Waals surface area contributed by atoms with Crippen LogP contribution < -0.4 is 11.5 Å². The Labute approximate surface area is 232 Å². The van der Waals surface area contributed by atoms with Gasteiger partial charge in [-0.2, -0.15) is 0 Å². The monoisotopic (exact) mass is 610 g/mol. The lowest BCUT2D eigenvalue weighted by Crippen LogP contribution is -2.34. The number of rotatable bonds is 2. The van der Waals surface area contributed by atoms with E-state index in [1.165, 1.54) is 34.4 Å². The molecule has 10 atom stereocenters. The minimum atomic E-state index is -3.24. The summed E-state index contributed by atoms with van der Waals surface area (Å²) in [7, 11) is -3.82. The molecule has 0 aromatic carbocycles. The summed E-state index contributed by atoms with van der Waals surface area (Å²) in [6.45, 7) is -0.387. The van der Waals surface area contributed by atoms with E-state index in [9.17, 15) is 14.8 Å². The largest absolute Gasteiger partial charge is 0.387 e. The van der Waals surface area contributed by atoms with Crippen LogP contribution in [0.5, 0.6) is 0 Å². The summed E-state index contributed by atoms with van der Waals surface area (Å²) in [5.74, 6) is 0.333. The Kier molecular flexibility index (Phi) is 7.03. The molecule has 7 rings (SSSR count). The van der Waals surface area contributed by atoms with Crippen LogP contribution in [0.3, 0.4) is 0 Å². The van der Waals surface area contributed by atoms with Crippen molar-refractivity contribution in [2.75, 3.05) is 24.7 Å². The number of ether oxygens (including phenoxy) is 2. The van der Waals surface area contributed by atoms with Crippen LogP contribution in [0.1, 0.15) is 12.5 Å². The fraction of sp³-hybridized carbons (Fsp3) is 0.500. The van der Waals surface area contributed by atoms with Crippen LogP contribution in [0.2, 0.25) is 0 Å². The molecular formula is C20H24N10O9P2. The van der Waals surface area contributed by atoms with E-state index in [1.807, 2.05) is 0 Å². The summed E-state index contributed by atoms with van der Waals surface area (Å²) < 4.78 is 50.9. The summed E-state index contributed by atoms with van der Waals surface area (Å²) in [6, 6.07) is 0. The molecule has 2 bridgehead atoms. The third-order valence-electron chi connectivity index (χ3n) is 7.03. The summed E-state index contributed by atoms with van der Waals surface area (Å²) >= 11 is 0. The number of hydrogen-bond acceptors (Lipinski definition) is 17. The maximum atomic E-state index is 13.0. The first-order valence-electron chi connectivity index (χ1n) is 12.3. The molecule has 3 aliphatic rings. The highest BCUT2D eigenvalue weighted by atomic mass is 31.1. The van der Waals surface area contributed by atoms with Crippen molar-refractivity contribution in [2.24, 2.45) is 0 Å². The molecule has 0 saturated carbocycles. The third-order valence-corrected chi connectivity index (χ3v) is 8.55. The van der Waals surface area contributed by atoms with E-state index in [0.717, 1.165) is 0 Å². The predicted octanol–water partition coefficient (Wildman–Crippen LogP) is -0.937. The number of anilines is 2. The average Bonchev–Trinajstić information content (AvgIpc) is 3.72. The number of nitrogens with two attached hydrogens (primary N) is 2. The van der Waals surface area contributed by atoms with Gasteiger partial charge >= 0.3 is 8.25 Å². The quantitative estimate of drug-likeness (QED) is 0.200. The van der Waals surface area contributed by atoms with Crippen molar-refractivity contribution < 1.29 is 42.3 Å². The second-order valence-electron chi connectivity index (χ2n) is 9.40. The average molecular weight is 610 g/mol. The molecule has 3 fully saturated rings. The first-order chi connectivity index (χ1) is 19.9. The molecule has 0 aliphatic carbocycles. The van der Waals surface area contributed by atoms with Gasteiger partial charge in [0.1, 0.15) is 60.3 Å². The van der Waals surface area contributed by atoms with E-state index in [2.05, 4.69) is 29.9 Å². The second-order valence-corrected chi connectivity index (χ2v) is 11.1. The maximum absolute atomic E-state index is 13.0. The molecule has 4 aromatic heterocycles. The second kappa shape index (κ2) is 10.7. The van der Waals surface area contributed by atoms with Gasteiger partial charge in [0.05, 0.1) is 25.9 Å². The Balaban J connectivity index is 1.13. The predicted molar refractivity (Wildman–Crippen MR) is 138 cm³/mol. The molecule has 19 nitrogen and oxygen atoms in total. The highest BCUT2D eigenvalue weighted by Gasteiger charge is 2.49. The fourth-order valence-electron chi connectivity index (χ4n) is 5.05. The molecular weight excluding hydrogens is 586 g/mol. The van der Waals surface area contributed by atoms with Crippen LogP contribution in [0.25, 0.3) is 22.3 Å². The number of hydrogen-bond donors (Lipinski definition) is 4. The molecule has 0 spiro atoms. The van der Waals surface area contributed by atoms with E-state index in [-0.39, 0.29) is 24.8 Å². The lowest BCUT2D eigenvalue weighted by Gasteiger charge is -2.23. The highest BCUT2D eigenvalue weighted by Crippen LogP contribution is 2.43. The zero-order valence-electron chi connectivity index (χ0n) is 20.8. The van der Waals surface area contributed by atoms with Crippen molar-refractivity contribution in [1.29, 1.82) is 0 Å². The molecule has 218 valence electrons. The Morgan fingerprint density at radius 1 is 0.829 bits per heavy atom. The summed E-state index contributed by atoms with van der Waals surface area (Å²) in [4.78, 5) is 24.7. The highest BCUT2D eigenvalue weighted by molar-refractivity contribution is 7.33. The molecule has 3 aliphatic heterocycles. The number of nitrogen functional groups attached to an aromatic ring is 2. The minimum Gasteiger partial charge on any atom is -0.387 e. The van der Waals surface area contributed by atoms with Gasteiger partial charge in [-0.15, -0.1) is 0 Å². The zero-order valence-corrected chi connectivity index (χ0v) is 22.8. The Hall–Kier alpha value is -2.96. The van der Waals surface area contributed by atoms with Crippen molar-refractivity contribution in [2.45, 2.75) is 49.1 Å². The van der Waals surface area contributed by atoms with Gasteiger partial charge in [-0.3, -0.25) is 18.2 Å². The smallest absolute Gasteiger partial charge is 0.319 e. The summed E-state index contributed by atoms with van der Waals surface area (Å²) in [5.41, 5.74) is 13.1. The lowest BCUT2D eigenvalue weighted by molar-refractivity contribution is -0.0553. The number of imidazole rings is 2. The van der Waals surface area contributed by atoms with Crippen LogP contribution in [0, 0.1) is 0 Å². The van der Waals surface area contributed by atoms with Gasteiger partial charge in [0.15, 0.2) is 44.4 Å². The van der Waals surface area contributed by atoms with E-state index in [1.54, 1.807) is 0 Å². The van der Waals surface area contributed by atoms with Gasteiger partial charge in [-0.1, -0.05) is 0 Å². The van der Waals surface area contributed by atoms with Crippen LogP contribution in [0.4, 0.5) is 11.6 Å². The SMILES string of the molecule is Nc1ncnc2c1ncn2[C@@H]1O[C@@H]2CO[PH](=O)O[C@@H]3[C@H](O)[C@@H](COPO[C@H]2[C@H]1O)O[C@H]3n1cnc2c(N)ncnc21. The molecule has 3 saturated heterocycles. The van der Waals surface area contributed by atoms with Crippen LogP contribution >= 0.6 is 17.3 Å². The van der Waals surface area contributed by atoms with E-state index in [4.69, 9.17) is 39.0 Å². The fourth-order valence-corrected chi connectivity index (χ4v) is 6.60. The zero-order chi connectivity index (χ0) is 28.2. The van der Waals surface area contributed by atoms with Crippen molar-refractivity contribution in [3.05, 3.63) is 25.3 Å². The van der Waals surface area contributed by atoms with Crippen LogP contribution in [-0.2, 0) is 32.1 Å². The van der Waals surface area contributed by atoms with Crippen molar-refractivity contribution >= 4 is 51.3 Å². The molecule has 7 heterocycles. The van der Waals surface area contributed by atoms with E-state index in [0.29, 0.717) is 22.3 Å². The first kappa shape index (κ1) is 26.9. The van der Waals surface area contributed by atoms with Gasteiger partial charge in [0.2, 0.25) is 0 Å². The lowest BCUT2D eigenvalue weighted by atomic mass is 10.1. The minimum absolute atomic E-state index is 0.109. The van der Waals surface area contributed by atoms with Crippen molar-refractivity contribution in [1.82, 2.24) is 39.0 Å². The van der Waals surface area contributed by atoms with Crippen molar-refractivity contribution in [3.63, 3.8) is 0 Å². The number of aliphatic hydroxyl groups is 2. The topological polar surface area (TPSA) is 252 Å². The van der Waals surface area contributed by atoms with E-state index < -0.39 is 66.4 Å². The van der Waals surface area contributed by atoms with Gasteiger partial charge in [-0.25, -0.2) is 29.9 Å². The number of nitrogens with zero attached hydrogens (tertiary/aromatic N) is 8. The summed E-state index contributed by atoms with van der Waals surface area (Å²) in [6.07, 6.45) is -2.94. The van der Waals surface area contributed by atoms with Gasteiger partial charge < -0.3 is 44.7 Å². The Morgan fingerprint density at radius 2 is 1.46 bits per heavy atom. The molecule has 21 heteroatoms. The molecule has 4 aromatic rings. The molecule has 6 N–H and O–H groups in total.